The van der Waals surface area contributed by atoms with E-state index in [-0.39, 0.29) is 46.5 Å². The summed E-state index contributed by atoms with van der Waals surface area (Å²) in [6, 6.07) is 30.8. The monoisotopic (exact) mass is 1010 g/mol. The Bertz CT molecular complexity index is 2290. The Hall–Kier alpha value is -2.18. The smallest absolute Gasteiger partial charge is 1.00 e. The molecule has 0 radical (unpaired) electrons. The number of rotatable bonds is 6. The van der Waals surface area contributed by atoms with Gasteiger partial charge >= 0.3 is 404 Å². The Labute approximate surface area is 425 Å². The van der Waals surface area contributed by atoms with Gasteiger partial charge in [-0.1, -0.05) is 0 Å². The maximum absolute atomic E-state index is 3.33. The molecule has 0 amide bonds. The Morgan fingerprint density at radius 1 is 0.388 bits per heavy atom. The molecule has 5 aliphatic carbocycles. The predicted octanol–water partition coefficient (Wildman–Crippen LogP) is 13.3. The zero-order valence-corrected chi connectivity index (χ0v) is 47.7. The quantitative estimate of drug-likeness (QED) is 0.181. The van der Waals surface area contributed by atoms with Crippen LogP contribution in [0.15, 0.2) is 83.9 Å². The van der Waals surface area contributed by atoms with Gasteiger partial charge in [-0.3, -0.25) is 0 Å². The fourth-order valence-corrected chi connectivity index (χ4v) is 37.9. The minimum Gasteiger partial charge on any atom is -1.00 e. The molecule has 1 heterocycles. The molecule has 4 unspecified atom stereocenters. The Kier molecular flexibility index (Phi) is 14.3. The van der Waals surface area contributed by atoms with E-state index < -0.39 is 20.3 Å². The zero-order chi connectivity index (χ0) is 45.8. The van der Waals surface area contributed by atoms with Crippen molar-refractivity contribution in [3.8, 4) is 22.3 Å². The second-order valence-electron chi connectivity index (χ2n) is 26.5. The molecule has 3 heteroatoms. The summed E-state index contributed by atoms with van der Waals surface area (Å²) in [6.07, 6.45) is 25.7. The van der Waals surface area contributed by atoms with E-state index in [0.29, 0.717) is 7.25 Å². The van der Waals surface area contributed by atoms with Crippen molar-refractivity contribution in [3.05, 3.63) is 128 Å². The van der Waals surface area contributed by atoms with Crippen LogP contribution in [0.25, 0.3) is 34.4 Å². The van der Waals surface area contributed by atoms with E-state index in [0.717, 1.165) is 19.1 Å². The Morgan fingerprint density at radius 2 is 0.701 bits per heavy atom. The average Bonchev–Trinajstić information content (AvgIpc) is 3.52. The van der Waals surface area contributed by atoms with E-state index in [1.807, 2.05) is 11.1 Å². The first-order valence-corrected chi connectivity index (χ1v) is 32.5. The summed E-state index contributed by atoms with van der Waals surface area (Å²) in [5, 5.41) is 0. The minimum atomic E-state index is -3.33. The maximum atomic E-state index is 2.90. The van der Waals surface area contributed by atoms with Gasteiger partial charge in [0.15, 0.2) is 0 Å². The van der Waals surface area contributed by atoms with Crippen LogP contribution >= 0.6 is 0 Å². The summed E-state index contributed by atoms with van der Waals surface area (Å²) in [4.78, 5) is 0. The summed E-state index contributed by atoms with van der Waals surface area (Å²) >= 11 is -3.33. The molecule has 4 atom stereocenters. The fourth-order valence-electron chi connectivity index (χ4n) is 14.6. The van der Waals surface area contributed by atoms with Crippen LogP contribution in [0, 0.1) is 11.8 Å². The van der Waals surface area contributed by atoms with Gasteiger partial charge in [-0.15, -0.1) is 0 Å². The maximum Gasteiger partial charge on any atom is -1.00 e. The molecule has 0 N–H and O–H groups in total. The van der Waals surface area contributed by atoms with Crippen LogP contribution in [0.2, 0.25) is 7.25 Å². The van der Waals surface area contributed by atoms with E-state index >= 15 is 0 Å². The molecule has 3 saturated carbocycles. The van der Waals surface area contributed by atoms with Gasteiger partial charge < -0.3 is 24.8 Å². The summed E-state index contributed by atoms with van der Waals surface area (Å²) in [6.45, 7) is 28.9. The molecule has 4 fully saturated rings. The molecule has 4 aromatic carbocycles. The number of allylic oxidation sites excluding steroid dienone is 2. The zero-order valence-electron chi connectivity index (χ0n) is 43.7. The van der Waals surface area contributed by atoms with Gasteiger partial charge in [-0.2, -0.15) is 0 Å². The largest absolute Gasteiger partial charge is 1.00 e. The summed E-state index contributed by atoms with van der Waals surface area (Å²) < 4.78 is 3.35. The first-order chi connectivity index (χ1) is 30.8. The molecule has 67 heavy (non-hydrogen) atoms. The van der Waals surface area contributed by atoms with Gasteiger partial charge in [-0.05, 0) is 0 Å². The molecule has 4 aromatic rings. The van der Waals surface area contributed by atoms with Gasteiger partial charge in [0.2, 0.25) is 0 Å². The van der Waals surface area contributed by atoms with E-state index in [4.69, 9.17) is 0 Å². The summed E-state index contributed by atoms with van der Waals surface area (Å²) in [5.74, 6) is 1.48. The third-order valence-electron chi connectivity index (χ3n) is 18.2. The van der Waals surface area contributed by atoms with E-state index in [1.165, 1.54) is 134 Å². The molecule has 0 nitrogen and oxygen atoms in total. The predicted molar refractivity (Wildman–Crippen MR) is 279 cm³/mol. The van der Waals surface area contributed by atoms with Crippen molar-refractivity contribution >= 4 is 12.2 Å². The van der Waals surface area contributed by atoms with Crippen molar-refractivity contribution in [2.75, 3.05) is 0 Å². The second-order valence-corrected chi connectivity index (χ2v) is 37.9. The van der Waals surface area contributed by atoms with Crippen LogP contribution in [0.4, 0.5) is 0 Å². The summed E-state index contributed by atoms with van der Waals surface area (Å²) in [5.41, 5.74) is 22.8. The normalized spacial score (nSPS) is 24.6. The molecule has 6 aliphatic rings. The number of hydrogen-bond donors (Lipinski definition) is 0. The average molecular weight is 1020 g/mol. The number of benzene rings is 4. The van der Waals surface area contributed by atoms with E-state index in [1.54, 1.807) is 22.3 Å². The molecule has 0 spiro atoms. The first kappa shape index (κ1) is 51.2. The number of hydrogen-bond acceptors (Lipinski definition) is 0. The molecule has 0 aromatic heterocycles. The fraction of sp³-hybridized carbons (Fsp3) is 0.562. The molecule has 1 aliphatic heterocycles. The van der Waals surface area contributed by atoms with Gasteiger partial charge in [-0.25, -0.2) is 0 Å². The van der Waals surface area contributed by atoms with Crippen LogP contribution in [0.5, 0.6) is 0 Å². The van der Waals surface area contributed by atoms with Crippen LogP contribution in [0.3, 0.4) is 0 Å². The molecular weight excluding hydrogens is 931 g/mol. The van der Waals surface area contributed by atoms with Crippen LogP contribution in [-0.2, 0) is 41.9 Å². The van der Waals surface area contributed by atoms with Gasteiger partial charge in [0.05, 0.1) is 0 Å². The molecule has 10 rings (SSSR count). The van der Waals surface area contributed by atoms with Crippen LogP contribution < -0.4 is 24.8 Å². The number of fused-ring (bicyclic) bond motifs is 3. The van der Waals surface area contributed by atoms with Crippen molar-refractivity contribution in [3.63, 3.8) is 0 Å². The van der Waals surface area contributed by atoms with Crippen LogP contribution in [-0.4, -0.2) is 0 Å². The van der Waals surface area contributed by atoms with Crippen molar-refractivity contribution in [1.82, 2.24) is 0 Å². The topological polar surface area (TPSA) is 0 Å². The molecule has 358 valence electrons. The standard InChI is InChI=1S/2C29H37.C6H10.2ClH.Zr/c2*1-28(2,3)24-16-23(17-25(19-24)29(4,5)6)26-14-10-13-21-15-22(18-27(21)26)20-11-8-7-9-12-20;1-2-4-6-5-3-1;;;/h2*10,13-20H,7-9,11-12H2,1-6H3;1-2H,3-6H2;2*1H;/q;;;;;+2/p-2. The van der Waals surface area contributed by atoms with Crippen molar-refractivity contribution < 1.29 is 45.1 Å². The van der Waals surface area contributed by atoms with Crippen molar-refractivity contribution in [1.29, 1.82) is 0 Å². The molecular formula is C64H84Cl2Zr. The first-order valence-electron chi connectivity index (χ1n) is 26.8. The molecule has 1 saturated heterocycles. The Balaban J connectivity index is 0.00000304. The minimum absolute atomic E-state index is 0. The summed E-state index contributed by atoms with van der Waals surface area (Å²) in [7, 11) is 0. The van der Waals surface area contributed by atoms with Crippen LogP contribution in [0.1, 0.15) is 225 Å². The van der Waals surface area contributed by atoms with Crippen molar-refractivity contribution in [2.45, 2.75) is 209 Å². The SMILES string of the molecule is CC(C)(C)c1cc(-c2cccc3c2C=C(C2CCCCC2)[CH]3[Zr+2]2([CH]3C(C4CCCCC4)=Cc4c(-c5cc(C(C)(C)C)cc(C(C)(C)C)c5)cccc43)[CH]3CCCC[CH]32)cc(C(C)(C)C)c1.[Cl-].[Cl-]. The van der Waals surface area contributed by atoms with Crippen molar-refractivity contribution in [2.24, 2.45) is 11.8 Å². The van der Waals surface area contributed by atoms with Gasteiger partial charge in [0.1, 0.15) is 0 Å². The second kappa shape index (κ2) is 18.8. The number of halogens is 2. The van der Waals surface area contributed by atoms with Gasteiger partial charge in [0.25, 0.3) is 0 Å². The van der Waals surface area contributed by atoms with Gasteiger partial charge in [0, 0.05) is 0 Å². The Morgan fingerprint density at radius 3 is 1.01 bits per heavy atom. The third kappa shape index (κ3) is 9.20. The third-order valence-corrected chi connectivity index (χ3v) is 35.1. The van der Waals surface area contributed by atoms with E-state index in [9.17, 15) is 0 Å². The molecule has 0 bridgehead atoms. The van der Waals surface area contributed by atoms with E-state index in [2.05, 4.69) is 168 Å².